The molecule has 0 saturated carbocycles. The number of benzene rings is 2. The van der Waals surface area contributed by atoms with Crippen LogP contribution in [0.25, 0.3) is 0 Å². The van der Waals surface area contributed by atoms with Crippen molar-refractivity contribution in [1.29, 1.82) is 0 Å². The molecule has 1 saturated heterocycles. The number of nitrogens with zero attached hydrogens (tertiary/aromatic N) is 2. The number of hydrogen-bond donors (Lipinski definition) is 0. The normalized spacial score (nSPS) is 15.7. The highest BCUT2D eigenvalue weighted by Gasteiger charge is 2.24. The second kappa shape index (κ2) is 10.1. The van der Waals surface area contributed by atoms with Crippen LogP contribution in [0.1, 0.15) is 33.0 Å². The molecule has 2 heterocycles. The predicted octanol–water partition coefficient (Wildman–Crippen LogP) is 3.99. The van der Waals surface area contributed by atoms with Crippen molar-refractivity contribution in [2.24, 2.45) is 0 Å². The highest BCUT2D eigenvalue weighted by Crippen LogP contribution is 2.16. The van der Waals surface area contributed by atoms with Crippen LogP contribution in [-0.4, -0.2) is 46.1 Å². The summed E-state index contributed by atoms with van der Waals surface area (Å²) >= 11 is 0. The van der Waals surface area contributed by atoms with Crippen LogP contribution >= 0.6 is 0 Å². The summed E-state index contributed by atoms with van der Waals surface area (Å²) in [5.74, 6) is 1.63. The molecule has 0 bridgehead atoms. The van der Waals surface area contributed by atoms with Crippen LogP contribution in [-0.2, 0) is 28.9 Å². The Morgan fingerprint density at radius 2 is 1.58 bits per heavy atom. The summed E-state index contributed by atoms with van der Waals surface area (Å²) in [6, 6.07) is 21.9. The lowest BCUT2D eigenvalue weighted by Gasteiger charge is -2.34. The first kappa shape index (κ1) is 21.5. The molecule has 0 N–H and O–H groups in total. The van der Waals surface area contributed by atoms with Gasteiger partial charge in [-0.3, -0.25) is 13.9 Å². The van der Waals surface area contributed by atoms with Crippen molar-refractivity contribution in [3.8, 4) is 0 Å². The van der Waals surface area contributed by atoms with E-state index < -0.39 is 10.8 Å². The van der Waals surface area contributed by atoms with Crippen molar-refractivity contribution in [2.45, 2.75) is 25.0 Å². The molecule has 1 amide bonds. The minimum absolute atomic E-state index is 0.0880. The lowest BCUT2D eigenvalue weighted by Crippen LogP contribution is -2.48. The van der Waals surface area contributed by atoms with Crippen LogP contribution in [0.4, 0.5) is 0 Å². The molecule has 1 aliphatic rings. The summed E-state index contributed by atoms with van der Waals surface area (Å²) in [6.45, 7) is 5.98. The summed E-state index contributed by atoms with van der Waals surface area (Å²) in [4.78, 5) is 17.0. The monoisotopic (exact) mass is 436 g/mol. The van der Waals surface area contributed by atoms with Crippen molar-refractivity contribution in [2.75, 3.05) is 26.2 Å². The molecular formula is C25H28N2O3S. The molecule has 6 heteroatoms. The van der Waals surface area contributed by atoms with Crippen LogP contribution < -0.4 is 0 Å². The predicted molar refractivity (Wildman–Crippen MR) is 123 cm³/mol. The lowest BCUT2D eigenvalue weighted by molar-refractivity contribution is 0.0596. The van der Waals surface area contributed by atoms with E-state index in [1.165, 1.54) is 11.1 Å². The Balaban J connectivity index is 1.27. The molecule has 0 radical (unpaired) electrons. The lowest BCUT2D eigenvalue weighted by atomic mass is 10.2. The third kappa shape index (κ3) is 5.93. The van der Waals surface area contributed by atoms with Crippen LogP contribution in [0.15, 0.2) is 71.1 Å². The molecule has 1 fully saturated rings. The van der Waals surface area contributed by atoms with Gasteiger partial charge in [0, 0.05) is 49.3 Å². The summed E-state index contributed by atoms with van der Waals surface area (Å²) < 4.78 is 18.2. The van der Waals surface area contributed by atoms with Gasteiger partial charge >= 0.3 is 0 Å². The summed E-state index contributed by atoms with van der Waals surface area (Å²) in [7, 11) is -1.08. The maximum Gasteiger partial charge on any atom is 0.289 e. The van der Waals surface area contributed by atoms with Crippen molar-refractivity contribution >= 4 is 16.7 Å². The fraction of sp³-hybridized carbons (Fsp3) is 0.320. The maximum atomic E-state index is 12.8. The Hall–Kier alpha value is -2.70. The average Bonchev–Trinajstić information content (AvgIpc) is 3.24. The first-order chi connectivity index (χ1) is 15.1. The van der Waals surface area contributed by atoms with Gasteiger partial charge in [-0.05, 0) is 30.2 Å². The molecule has 5 nitrogen and oxygen atoms in total. The van der Waals surface area contributed by atoms with E-state index >= 15 is 0 Å². The zero-order valence-corrected chi connectivity index (χ0v) is 18.6. The van der Waals surface area contributed by atoms with Crippen LogP contribution in [0.3, 0.4) is 0 Å². The van der Waals surface area contributed by atoms with E-state index in [2.05, 4.69) is 29.2 Å². The largest absolute Gasteiger partial charge is 0.455 e. The van der Waals surface area contributed by atoms with Gasteiger partial charge in [-0.2, -0.15) is 0 Å². The molecule has 3 aromatic rings. The fourth-order valence-electron chi connectivity index (χ4n) is 3.76. The van der Waals surface area contributed by atoms with Crippen molar-refractivity contribution in [1.82, 2.24) is 9.80 Å². The van der Waals surface area contributed by atoms with E-state index in [0.717, 1.165) is 25.2 Å². The Bertz CT molecular complexity index is 1020. The van der Waals surface area contributed by atoms with Gasteiger partial charge in [0.2, 0.25) is 0 Å². The van der Waals surface area contributed by atoms with E-state index in [4.69, 9.17) is 4.42 Å². The van der Waals surface area contributed by atoms with Gasteiger partial charge in [-0.25, -0.2) is 0 Å². The Morgan fingerprint density at radius 3 is 2.29 bits per heavy atom. The summed E-state index contributed by atoms with van der Waals surface area (Å²) in [6.07, 6.45) is 0. The molecule has 0 aliphatic carbocycles. The van der Waals surface area contributed by atoms with Crippen LogP contribution in [0.5, 0.6) is 0 Å². The molecule has 1 aromatic heterocycles. The molecule has 2 aromatic carbocycles. The zero-order valence-electron chi connectivity index (χ0n) is 17.8. The number of aryl methyl sites for hydroxylation is 1. The van der Waals surface area contributed by atoms with Crippen molar-refractivity contribution in [3.05, 3.63) is 94.9 Å². The minimum atomic E-state index is -1.08. The van der Waals surface area contributed by atoms with Gasteiger partial charge in [0.05, 0.1) is 5.75 Å². The third-order valence-electron chi connectivity index (χ3n) is 5.53. The first-order valence-corrected chi connectivity index (χ1v) is 12.1. The molecule has 4 rings (SSSR count). The van der Waals surface area contributed by atoms with Crippen LogP contribution in [0.2, 0.25) is 0 Å². The van der Waals surface area contributed by atoms with Gasteiger partial charge in [0.1, 0.15) is 5.76 Å². The molecule has 0 unspecified atom stereocenters. The minimum Gasteiger partial charge on any atom is -0.455 e. The van der Waals surface area contributed by atoms with E-state index in [0.29, 0.717) is 36.1 Å². The standard InChI is InChI=1S/C25H28N2O3S/c1-20-7-9-22(10-8-20)18-31(29)19-23-11-12-24(30-23)25(28)27-15-13-26(14-16-27)17-21-5-3-2-4-6-21/h2-12H,13-19H2,1H3/t31-/m1/s1. The number of rotatable bonds is 7. The number of piperazine rings is 1. The Labute approximate surface area is 186 Å². The maximum absolute atomic E-state index is 12.8. The van der Waals surface area contributed by atoms with Gasteiger partial charge in [-0.15, -0.1) is 0 Å². The first-order valence-electron chi connectivity index (χ1n) is 10.6. The van der Waals surface area contributed by atoms with E-state index in [1.54, 1.807) is 12.1 Å². The quantitative estimate of drug-likeness (QED) is 0.562. The second-order valence-electron chi connectivity index (χ2n) is 8.03. The Morgan fingerprint density at radius 1 is 0.871 bits per heavy atom. The molecule has 1 aliphatic heterocycles. The molecule has 162 valence electrons. The number of hydrogen-bond acceptors (Lipinski definition) is 4. The van der Waals surface area contributed by atoms with Gasteiger partial charge < -0.3 is 9.32 Å². The summed E-state index contributed by atoms with van der Waals surface area (Å²) in [5, 5.41) is 0. The second-order valence-corrected chi connectivity index (χ2v) is 9.49. The molecule has 1 atom stereocenters. The highest BCUT2D eigenvalue weighted by molar-refractivity contribution is 7.83. The number of amides is 1. The van der Waals surface area contributed by atoms with E-state index in [1.807, 2.05) is 42.2 Å². The highest BCUT2D eigenvalue weighted by atomic mass is 32.2. The molecule has 31 heavy (non-hydrogen) atoms. The topological polar surface area (TPSA) is 53.8 Å². The Kier molecular flexibility index (Phi) is 6.99. The smallest absolute Gasteiger partial charge is 0.289 e. The van der Waals surface area contributed by atoms with E-state index in [9.17, 15) is 9.00 Å². The number of carbonyl (C=O) groups is 1. The van der Waals surface area contributed by atoms with Gasteiger partial charge in [-0.1, -0.05) is 60.2 Å². The third-order valence-corrected chi connectivity index (χ3v) is 6.79. The molecule has 0 spiro atoms. The molecular weight excluding hydrogens is 408 g/mol. The van der Waals surface area contributed by atoms with Crippen molar-refractivity contribution in [3.63, 3.8) is 0 Å². The number of carbonyl (C=O) groups excluding carboxylic acids is 1. The average molecular weight is 437 g/mol. The zero-order chi connectivity index (χ0) is 21.6. The van der Waals surface area contributed by atoms with Crippen molar-refractivity contribution < 1.29 is 13.4 Å². The van der Waals surface area contributed by atoms with Crippen LogP contribution in [0, 0.1) is 6.92 Å². The van der Waals surface area contributed by atoms with E-state index in [-0.39, 0.29) is 5.91 Å². The summed E-state index contributed by atoms with van der Waals surface area (Å²) in [5.41, 5.74) is 3.52. The SMILES string of the molecule is Cc1ccc(C[S@@](=O)Cc2ccc(C(=O)N3CCN(Cc4ccccc4)CC3)o2)cc1. The van der Waals surface area contributed by atoms with Gasteiger partial charge in [0.15, 0.2) is 5.76 Å². The number of furan rings is 1. The fourth-order valence-corrected chi connectivity index (χ4v) is 4.90. The van der Waals surface area contributed by atoms with Gasteiger partial charge in [0.25, 0.3) is 5.91 Å².